The van der Waals surface area contributed by atoms with Gasteiger partial charge in [0.2, 0.25) is 5.91 Å². The Labute approximate surface area is 103 Å². The first-order valence-corrected chi connectivity index (χ1v) is 5.69. The van der Waals surface area contributed by atoms with Crippen LogP contribution in [0, 0.1) is 5.92 Å². The van der Waals surface area contributed by atoms with Gasteiger partial charge in [0, 0.05) is 13.5 Å². The summed E-state index contributed by atoms with van der Waals surface area (Å²) < 4.78 is 0. The molecule has 0 rings (SSSR count). The second-order valence-corrected chi connectivity index (χ2v) is 4.03. The molecule has 1 atom stereocenters. The molecular weight excluding hydrogens is 214 g/mol. The monoisotopic (exact) mass is 235 g/mol. The van der Waals surface area contributed by atoms with E-state index in [0.29, 0.717) is 12.8 Å². The van der Waals surface area contributed by atoms with Gasteiger partial charge in [-0.1, -0.05) is 30.4 Å². The fraction of sp³-hybridized carbons (Fsp3) is 0.429. The third-order valence-corrected chi connectivity index (χ3v) is 2.38. The molecule has 0 aliphatic rings. The van der Waals surface area contributed by atoms with Crippen LogP contribution in [0.2, 0.25) is 0 Å². The van der Waals surface area contributed by atoms with E-state index in [-0.39, 0.29) is 11.8 Å². The van der Waals surface area contributed by atoms with E-state index in [1.807, 2.05) is 26.0 Å². The van der Waals surface area contributed by atoms with E-state index in [1.54, 1.807) is 13.1 Å². The van der Waals surface area contributed by atoms with E-state index in [2.05, 4.69) is 11.9 Å². The Kier molecular flexibility index (Phi) is 7.68. The van der Waals surface area contributed by atoms with E-state index in [1.165, 1.54) is 0 Å². The Hall–Kier alpha value is -1.64. The lowest BCUT2D eigenvalue weighted by Crippen LogP contribution is -2.28. The van der Waals surface area contributed by atoms with Crippen LogP contribution < -0.4 is 5.32 Å². The molecule has 3 heteroatoms. The van der Waals surface area contributed by atoms with Gasteiger partial charge >= 0.3 is 0 Å². The Morgan fingerprint density at radius 1 is 1.35 bits per heavy atom. The van der Waals surface area contributed by atoms with E-state index < -0.39 is 0 Å². The van der Waals surface area contributed by atoms with Gasteiger partial charge in [-0.15, -0.1) is 0 Å². The van der Waals surface area contributed by atoms with E-state index >= 15 is 0 Å². The molecule has 1 amide bonds. The number of carbonyl (C=O) groups excluding carboxylic acids is 2. The standard InChI is InChI=1S/C14H21NO2/c1-5-12(9-8-11(2)3)13(7-6-10-16)14(17)15-4/h5,8-10,13H,1,6-7H2,2-4H3,(H,15,17)/b12-9+. The number of allylic oxidation sites excluding steroid dienone is 4. The fourth-order valence-corrected chi connectivity index (χ4v) is 1.45. The highest BCUT2D eigenvalue weighted by atomic mass is 16.1. The third kappa shape index (κ3) is 5.85. The van der Waals surface area contributed by atoms with Crippen LogP contribution in [0.25, 0.3) is 0 Å². The largest absolute Gasteiger partial charge is 0.359 e. The number of nitrogens with one attached hydrogen (secondary N) is 1. The van der Waals surface area contributed by atoms with Gasteiger partial charge in [-0.05, 0) is 25.8 Å². The molecule has 0 aliphatic carbocycles. The second-order valence-electron chi connectivity index (χ2n) is 4.03. The molecule has 94 valence electrons. The molecule has 0 saturated carbocycles. The Bertz CT molecular complexity index is 336. The molecule has 0 radical (unpaired) electrons. The molecule has 0 aliphatic heterocycles. The van der Waals surface area contributed by atoms with Gasteiger partial charge in [-0.25, -0.2) is 0 Å². The maximum absolute atomic E-state index is 11.7. The summed E-state index contributed by atoms with van der Waals surface area (Å²) in [4.78, 5) is 22.1. The van der Waals surface area contributed by atoms with E-state index in [4.69, 9.17) is 0 Å². The van der Waals surface area contributed by atoms with Crippen molar-refractivity contribution < 1.29 is 9.59 Å². The first kappa shape index (κ1) is 15.4. The summed E-state index contributed by atoms with van der Waals surface area (Å²) in [5.74, 6) is -0.390. The van der Waals surface area contributed by atoms with Crippen molar-refractivity contribution in [2.45, 2.75) is 26.7 Å². The lowest BCUT2D eigenvalue weighted by Gasteiger charge is -2.15. The molecule has 17 heavy (non-hydrogen) atoms. The zero-order valence-corrected chi connectivity index (χ0v) is 10.8. The number of hydrogen-bond acceptors (Lipinski definition) is 2. The summed E-state index contributed by atoms with van der Waals surface area (Å²) in [6.45, 7) is 7.69. The van der Waals surface area contributed by atoms with Gasteiger partial charge in [-0.3, -0.25) is 4.79 Å². The molecule has 0 saturated heterocycles. The van der Waals surface area contributed by atoms with Crippen LogP contribution in [0.15, 0.2) is 36.0 Å². The van der Waals surface area contributed by atoms with Gasteiger partial charge < -0.3 is 10.1 Å². The lowest BCUT2D eigenvalue weighted by molar-refractivity contribution is -0.123. The van der Waals surface area contributed by atoms with E-state index in [9.17, 15) is 9.59 Å². The molecule has 0 aromatic heterocycles. The molecule has 0 aromatic carbocycles. The molecule has 1 unspecified atom stereocenters. The number of hydrogen-bond donors (Lipinski definition) is 1. The van der Waals surface area contributed by atoms with Gasteiger partial charge in [0.15, 0.2) is 0 Å². The molecule has 0 spiro atoms. The second kappa shape index (κ2) is 8.50. The highest BCUT2D eigenvalue weighted by molar-refractivity contribution is 5.82. The minimum Gasteiger partial charge on any atom is -0.359 e. The normalized spacial score (nSPS) is 12.5. The molecule has 0 bridgehead atoms. The van der Waals surface area contributed by atoms with Gasteiger partial charge in [0.05, 0.1) is 5.92 Å². The van der Waals surface area contributed by atoms with Crippen molar-refractivity contribution in [2.75, 3.05) is 7.05 Å². The molecule has 3 nitrogen and oxygen atoms in total. The number of amides is 1. The van der Waals surface area contributed by atoms with Crippen molar-refractivity contribution in [3.05, 3.63) is 36.0 Å². The summed E-state index contributed by atoms with van der Waals surface area (Å²) >= 11 is 0. The highest BCUT2D eigenvalue weighted by Gasteiger charge is 2.19. The Morgan fingerprint density at radius 2 is 2.00 bits per heavy atom. The van der Waals surface area contributed by atoms with Crippen LogP contribution in [0.3, 0.4) is 0 Å². The van der Waals surface area contributed by atoms with E-state index in [0.717, 1.165) is 17.4 Å². The number of carbonyl (C=O) groups is 2. The quantitative estimate of drug-likeness (QED) is 0.544. The number of aldehydes is 1. The Balaban J connectivity index is 5.02. The maximum Gasteiger partial charge on any atom is 0.227 e. The van der Waals surface area contributed by atoms with Crippen molar-refractivity contribution in [1.29, 1.82) is 0 Å². The number of rotatable bonds is 7. The van der Waals surface area contributed by atoms with Crippen LogP contribution in [-0.2, 0) is 9.59 Å². The van der Waals surface area contributed by atoms with Crippen LogP contribution in [0.1, 0.15) is 26.7 Å². The van der Waals surface area contributed by atoms with Crippen LogP contribution >= 0.6 is 0 Å². The smallest absolute Gasteiger partial charge is 0.227 e. The summed E-state index contributed by atoms with van der Waals surface area (Å²) in [7, 11) is 1.60. The summed E-state index contributed by atoms with van der Waals surface area (Å²) in [6.07, 6.45) is 7.21. The first-order valence-electron chi connectivity index (χ1n) is 5.69. The van der Waals surface area contributed by atoms with Crippen LogP contribution in [0.4, 0.5) is 0 Å². The summed E-state index contributed by atoms with van der Waals surface area (Å²) in [6, 6.07) is 0. The first-order chi connectivity index (χ1) is 8.06. The zero-order valence-electron chi connectivity index (χ0n) is 10.8. The summed E-state index contributed by atoms with van der Waals surface area (Å²) in [5, 5.41) is 2.61. The summed E-state index contributed by atoms with van der Waals surface area (Å²) in [5.41, 5.74) is 1.99. The minimum absolute atomic E-state index is 0.0832. The topological polar surface area (TPSA) is 46.2 Å². The van der Waals surface area contributed by atoms with Crippen molar-refractivity contribution in [3.8, 4) is 0 Å². The lowest BCUT2D eigenvalue weighted by atomic mass is 9.92. The van der Waals surface area contributed by atoms with Crippen molar-refractivity contribution in [3.63, 3.8) is 0 Å². The molecule has 0 heterocycles. The van der Waals surface area contributed by atoms with Crippen molar-refractivity contribution in [2.24, 2.45) is 5.92 Å². The van der Waals surface area contributed by atoms with Crippen molar-refractivity contribution in [1.82, 2.24) is 5.32 Å². The molecular formula is C14H21NO2. The zero-order chi connectivity index (χ0) is 13.3. The molecule has 0 aromatic rings. The van der Waals surface area contributed by atoms with Crippen molar-refractivity contribution >= 4 is 12.2 Å². The predicted molar refractivity (Wildman–Crippen MR) is 70.6 cm³/mol. The highest BCUT2D eigenvalue weighted by Crippen LogP contribution is 2.18. The van der Waals surface area contributed by atoms with Gasteiger partial charge in [0.25, 0.3) is 0 Å². The van der Waals surface area contributed by atoms with Gasteiger partial charge in [0.1, 0.15) is 6.29 Å². The SMILES string of the molecule is C=C/C(=C\C=C(C)C)C(CCC=O)C(=O)NC. The maximum atomic E-state index is 11.7. The van der Waals surface area contributed by atoms with Gasteiger partial charge in [-0.2, -0.15) is 0 Å². The third-order valence-electron chi connectivity index (χ3n) is 2.38. The van der Waals surface area contributed by atoms with Crippen LogP contribution in [0.5, 0.6) is 0 Å². The molecule has 1 N–H and O–H groups in total. The predicted octanol–water partition coefficient (Wildman–Crippen LogP) is 2.41. The minimum atomic E-state index is -0.307. The Morgan fingerprint density at radius 3 is 2.41 bits per heavy atom. The molecule has 0 fully saturated rings. The van der Waals surface area contributed by atoms with Crippen LogP contribution in [-0.4, -0.2) is 19.2 Å². The fourth-order valence-electron chi connectivity index (χ4n) is 1.45. The average molecular weight is 235 g/mol. The average Bonchev–Trinajstić information content (AvgIpc) is 2.32.